The van der Waals surface area contributed by atoms with Gasteiger partial charge in [0.05, 0.1) is 0 Å². The molecule has 3 nitrogen and oxygen atoms in total. The van der Waals surface area contributed by atoms with Crippen LogP contribution in [0.5, 0.6) is 5.75 Å². The summed E-state index contributed by atoms with van der Waals surface area (Å²) in [6.07, 6.45) is 0.197. The molecular formula is C9H8O3. The molecule has 1 aliphatic heterocycles. The van der Waals surface area contributed by atoms with Gasteiger partial charge in [-0.15, -0.1) is 0 Å². The van der Waals surface area contributed by atoms with Crippen molar-refractivity contribution in [2.45, 2.75) is 6.10 Å². The van der Waals surface area contributed by atoms with E-state index in [0.717, 1.165) is 6.26 Å². The second-order valence-corrected chi connectivity index (χ2v) is 2.60. The van der Waals surface area contributed by atoms with E-state index in [9.17, 15) is 5.11 Å². The van der Waals surface area contributed by atoms with Crippen LogP contribution in [-0.4, -0.2) is 10.2 Å². The highest BCUT2D eigenvalue weighted by Gasteiger charge is 2.21. The molecule has 0 saturated heterocycles. The van der Waals surface area contributed by atoms with Crippen LogP contribution in [0.15, 0.2) is 36.3 Å². The van der Waals surface area contributed by atoms with Gasteiger partial charge in [-0.05, 0) is 6.07 Å². The summed E-state index contributed by atoms with van der Waals surface area (Å²) in [5.74, 6) is 0.427. The normalized spacial score (nSPS) is 20.8. The standard InChI is InChI=1S/C9H8O3/c10-7-5-12-8-4-2-1-3-6(8)9(7)11/h1-5,9-11H. The van der Waals surface area contributed by atoms with Gasteiger partial charge in [-0.25, -0.2) is 0 Å². The first-order valence-corrected chi connectivity index (χ1v) is 3.62. The molecule has 1 heterocycles. The highest BCUT2D eigenvalue weighted by atomic mass is 16.5. The van der Waals surface area contributed by atoms with Gasteiger partial charge in [-0.1, -0.05) is 18.2 Å². The predicted octanol–water partition coefficient (Wildman–Crippen LogP) is 1.51. The molecule has 0 spiro atoms. The van der Waals surface area contributed by atoms with Crippen molar-refractivity contribution in [3.63, 3.8) is 0 Å². The Hall–Kier alpha value is -1.48. The number of ether oxygens (including phenoxy) is 1. The zero-order valence-electron chi connectivity index (χ0n) is 6.27. The first-order valence-electron chi connectivity index (χ1n) is 3.62. The van der Waals surface area contributed by atoms with E-state index >= 15 is 0 Å². The molecule has 0 bridgehead atoms. The Morgan fingerprint density at radius 2 is 2.00 bits per heavy atom. The smallest absolute Gasteiger partial charge is 0.161 e. The van der Waals surface area contributed by atoms with Crippen LogP contribution in [0.25, 0.3) is 0 Å². The number of hydrogen-bond donors (Lipinski definition) is 2. The average molecular weight is 164 g/mol. The van der Waals surface area contributed by atoms with Gasteiger partial charge in [0, 0.05) is 5.56 Å². The molecular weight excluding hydrogens is 156 g/mol. The Morgan fingerprint density at radius 1 is 1.25 bits per heavy atom. The Morgan fingerprint density at radius 3 is 2.83 bits per heavy atom. The Bertz CT molecular complexity index is 330. The molecule has 0 aliphatic carbocycles. The molecule has 0 fully saturated rings. The molecule has 3 heteroatoms. The number of para-hydroxylation sites is 1. The minimum Gasteiger partial charge on any atom is -0.506 e. The second-order valence-electron chi connectivity index (χ2n) is 2.60. The Kier molecular flexibility index (Phi) is 1.52. The number of hydrogen-bond acceptors (Lipinski definition) is 3. The van der Waals surface area contributed by atoms with Crippen molar-refractivity contribution in [3.05, 3.63) is 41.9 Å². The van der Waals surface area contributed by atoms with Crippen LogP contribution in [0.3, 0.4) is 0 Å². The van der Waals surface area contributed by atoms with Crippen molar-refractivity contribution < 1.29 is 14.9 Å². The van der Waals surface area contributed by atoms with E-state index in [1.165, 1.54) is 0 Å². The number of rotatable bonds is 0. The molecule has 2 N–H and O–H groups in total. The molecule has 0 radical (unpaired) electrons. The highest BCUT2D eigenvalue weighted by molar-refractivity contribution is 5.40. The van der Waals surface area contributed by atoms with Crippen LogP contribution in [0.4, 0.5) is 0 Å². The van der Waals surface area contributed by atoms with Gasteiger partial charge in [-0.2, -0.15) is 0 Å². The van der Waals surface area contributed by atoms with E-state index in [-0.39, 0.29) is 5.76 Å². The van der Waals surface area contributed by atoms with Crippen molar-refractivity contribution in [1.29, 1.82) is 0 Å². The molecule has 1 unspecified atom stereocenters. The minimum atomic E-state index is -0.949. The first-order chi connectivity index (χ1) is 5.79. The fraction of sp³-hybridized carbons (Fsp3) is 0.111. The fourth-order valence-corrected chi connectivity index (χ4v) is 1.16. The van der Waals surface area contributed by atoms with Crippen molar-refractivity contribution in [2.24, 2.45) is 0 Å². The largest absolute Gasteiger partial charge is 0.506 e. The van der Waals surface area contributed by atoms with E-state index in [4.69, 9.17) is 9.84 Å². The molecule has 0 aromatic heterocycles. The van der Waals surface area contributed by atoms with Crippen molar-refractivity contribution in [1.82, 2.24) is 0 Å². The summed E-state index contributed by atoms with van der Waals surface area (Å²) in [4.78, 5) is 0. The van der Waals surface area contributed by atoms with Crippen molar-refractivity contribution >= 4 is 0 Å². The zero-order chi connectivity index (χ0) is 8.55. The highest BCUT2D eigenvalue weighted by Crippen LogP contribution is 2.32. The monoisotopic (exact) mass is 164 g/mol. The third-order valence-corrected chi connectivity index (χ3v) is 1.80. The van der Waals surface area contributed by atoms with Crippen LogP contribution < -0.4 is 4.74 Å². The lowest BCUT2D eigenvalue weighted by Gasteiger charge is -2.18. The van der Waals surface area contributed by atoms with Gasteiger partial charge in [0.15, 0.2) is 5.76 Å². The molecule has 1 aromatic rings. The van der Waals surface area contributed by atoms with Crippen LogP contribution in [-0.2, 0) is 0 Å². The molecule has 1 atom stereocenters. The molecule has 0 amide bonds. The van der Waals surface area contributed by atoms with Gasteiger partial charge < -0.3 is 14.9 Å². The Labute approximate surface area is 69.5 Å². The number of fused-ring (bicyclic) bond motifs is 1. The maximum absolute atomic E-state index is 9.43. The van der Waals surface area contributed by atoms with E-state index in [2.05, 4.69) is 0 Å². The molecule has 62 valence electrons. The lowest BCUT2D eigenvalue weighted by Crippen LogP contribution is -2.09. The summed E-state index contributed by atoms with van der Waals surface area (Å²) in [5.41, 5.74) is 0.595. The summed E-state index contributed by atoms with van der Waals surface area (Å²) in [6, 6.07) is 7.04. The first kappa shape index (κ1) is 7.18. The lowest BCUT2D eigenvalue weighted by atomic mass is 10.1. The lowest BCUT2D eigenvalue weighted by molar-refractivity contribution is 0.136. The maximum atomic E-state index is 9.43. The van der Waals surface area contributed by atoms with Crippen molar-refractivity contribution in [2.75, 3.05) is 0 Å². The van der Waals surface area contributed by atoms with Crippen LogP contribution in [0, 0.1) is 0 Å². The summed E-state index contributed by atoms with van der Waals surface area (Å²) >= 11 is 0. The van der Waals surface area contributed by atoms with Crippen molar-refractivity contribution in [3.8, 4) is 5.75 Å². The minimum absolute atomic E-state index is 0.159. The third kappa shape index (κ3) is 0.950. The zero-order valence-corrected chi connectivity index (χ0v) is 6.27. The molecule has 2 rings (SSSR count). The molecule has 12 heavy (non-hydrogen) atoms. The maximum Gasteiger partial charge on any atom is 0.161 e. The van der Waals surface area contributed by atoms with Gasteiger partial charge in [0.1, 0.15) is 18.1 Å². The van der Waals surface area contributed by atoms with E-state index in [1.807, 2.05) is 6.07 Å². The van der Waals surface area contributed by atoms with E-state index < -0.39 is 6.10 Å². The summed E-state index contributed by atoms with van der Waals surface area (Å²) in [5, 5.41) is 18.5. The van der Waals surface area contributed by atoms with Gasteiger partial charge in [0.25, 0.3) is 0 Å². The van der Waals surface area contributed by atoms with Crippen LogP contribution >= 0.6 is 0 Å². The number of aliphatic hydroxyl groups excluding tert-OH is 2. The average Bonchev–Trinajstić information content (AvgIpc) is 2.12. The number of benzene rings is 1. The summed E-state index contributed by atoms with van der Waals surface area (Å²) in [6.45, 7) is 0. The van der Waals surface area contributed by atoms with Gasteiger partial charge >= 0.3 is 0 Å². The van der Waals surface area contributed by atoms with E-state index in [0.29, 0.717) is 11.3 Å². The fourth-order valence-electron chi connectivity index (χ4n) is 1.16. The van der Waals surface area contributed by atoms with Gasteiger partial charge in [0.2, 0.25) is 0 Å². The quantitative estimate of drug-likeness (QED) is 0.611. The topological polar surface area (TPSA) is 49.7 Å². The SMILES string of the molecule is OC1=COc2ccccc2C1O. The second kappa shape index (κ2) is 2.53. The predicted molar refractivity (Wildman–Crippen MR) is 42.7 cm³/mol. The van der Waals surface area contributed by atoms with Gasteiger partial charge in [-0.3, -0.25) is 0 Å². The molecule has 1 aliphatic rings. The van der Waals surface area contributed by atoms with E-state index in [1.54, 1.807) is 18.2 Å². The van der Waals surface area contributed by atoms with Crippen LogP contribution in [0.2, 0.25) is 0 Å². The summed E-state index contributed by atoms with van der Waals surface area (Å²) in [7, 11) is 0. The number of aliphatic hydroxyl groups is 2. The Balaban J connectivity index is 2.49. The summed E-state index contributed by atoms with van der Waals surface area (Å²) < 4.78 is 5.03. The molecule has 1 aromatic carbocycles. The third-order valence-electron chi connectivity index (χ3n) is 1.80. The molecule has 0 saturated carbocycles. The van der Waals surface area contributed by atoms with Crippen LogP contribution in [0.1, 0.15) is 11.7 Å².